The van der Waals surface area contributed by atoms with Gasteiger partial charge in [0.2, 0.25) is 0 Å². The quantitative estimate of drug-likeness (QED) is 0.611. The Hall–Kier alpha value is -0.900. The number of nitrogens with one attached hydrogen (secondary N) is 1. The van der Waals surface area contributed by atoms with Gasteiger partial charge in [-0.15, -0.1) is 0 Å². The topological polar surface area (TPSA) is 47.3 Å². The van der Waals surface area contributed by atoms with Crippen LogP contribution in [0.3, 0.4) is 0 Å². The average Bonchev–Trinajstić information content (AvgIpc) is 2.39. The van der Waals surface area contributed by atoms with E-state index in [0.29, 0.717) is 5.92 Å². The molecule has 2 unspecified atom stereocenters. The van der Waals surface area contributed by atoms with Crippen molar-refractivity contribution in [3.63, 3.8) is 0 Å². The van der Waals surface area contributed by atoms with Crippen LogP contribution in [-0.2, 0) is 4.74 Å². The van der Waals surface area contributed by atoms with Crippen molar-refractivity contribution < 1.29 is 4.74 Å². The molecule has 2 atom stereocenters. The SMILES string of the molecule is CCC(C)(OC)C(NN)c1ccccc1C1CCC1. The average molecular weight is 262 g/mol. The number of hydrogen-bond donors (Lipinski definition) is 2. The Bertz CT molecular complexity index is 411. The summed E-state index contributed by atoms with van der Waals surface area (Å²) in [7, 11) is 1.76. The summed E-state index contributed by atoms with van der Waals surface area (Å²) in [5, 5.41) is 0. The zero-order valence-electron chi connectivity index (χ0n) is 12.3. The lowest BCUT2D eigenvalue weighted by Crippen LogP contribution is -2.46. The van der Waals surface area contributed by atoms with Crippen LogP contribution in [0.15, 0.2) is 24.3 Å². The van der Waals surface area contributed by atoms with Crippen LogP contribution >= 0.6 is 0 Å². The normalized spacial score (nSPS) is 20.6. The number of benzene rings is 1. The summed E-state index contributed by atoms with van der Waals surface area (Å²) >= 11 is 0. The Kier molecular flexibility index (Phi) is 4.61. The molecule has 19 heavy (non-hydrogen) atoms. The van der Waals surface area contributed by atoms with Gasteiger partial charge in [0, 0.05) is 7.11 Å². The van der Waals surface area contributed by atoms with Crippen molar-refractivity contribution in [3.8, 4) is 0 Å². The summed E-state index contributed by atoms with van der Waals surface area (Å²) in [5.74, 6) is 6.54. The Labute approximate surface area is 116 Å². The zero-order chi connectivity index (χ0) is 13.9. The van der Waals surface area contributed by atoms with Gasteiger partial charge >= 0.3 is 0 Å². The largest absolute Gasteiger partial charge is 0.376 e. The molecule has 1 aromatic carbocycles. The predicted octanol–water partition coefficient (Wildman–Crippen LogP) is 3.27. The minimum Gasteiger partial charge on any atom is -0.376 e. The maximum absolute atomic E-state index is 5.84. The highest BCUT2D eigenvalue weighted by atomic mass is 16.5. The number of ether oxygens (including phenoxy) is 1. The van der Waals surface area contributed by atoms with E-state index in [1.165, 1.54) is 30.4 Å². The molecular formula is C16H26N2O. The molecule has 3 N–H and O–H groups in total. The molecule has 0 radical (unpaired) electrons. The molecule has 1 saturated carbocycles. The molecular weight excluding hydrogens is 236 g/mol. The van der Waals surface area contributed by atoms with Crippen LogP contribution in [0.25, 0.3) is 0 Å². The highest BCUT2D eigenvalue weighted by Crippen LogP contribution is 2.42. The van der Waals surface area contributed by atoms with E-state index in [1.807, 2.05) is 0 Å². The van der Waals surface area contributed by atoms with Gasteiger partial charge in [0.05, 0.1) is 11.6 Å². The van der Waals surface area contributed by atoms with E-state index in [-0.39, 0.29) is 11.6 Å². The van der Waals surface area contributed by atoms with Gasteiger partial charge in [-0.1, -0.05) is 37.6 Å². The standard InChI is InChI=1S/C16H26N2O/c1-4-16(2,19-3)15(18-17)14-11-6-5-10-13(14)12-8-7-9-12/h5-6,10-12,15,18H,4,7-9,17H2,1-3H3. The zero-order valence-corrected chi connectivity index (χ0v) is 12.3. The third-order valence-corrected chi connectivity index (χ3v) is 4.80. The van der Waals surface area contributed by atoms with Gasteiger partial charge in [0.1, 0.15) is 0 Å². The maximum atomic E-state index is 5.84. The monoisotopic (exact) mass is 262 g/mol. The first kappa shape index (κ1) is 14.5. The number of hydrazine groups is 1. The molecule has 0 spiro atoms. The molecule has 3 heteroatoms. The predicted molar refractivity (Wildman–Crippen MR) is 78.8 cm³/mol. The van der Waals surface area contributed by atoms with Gasteiger partial charge < -0.3 is 4.74 Å². The van der Waals surface area contributed by atoms with Crippen LogP contribution in [0.1, 0.15) is 62.6 Å². The molecule has 0 aliphatic heterocycles. The Morgan fingerprint density at radius 3 is 2.58 bits per heavy atom. The second-order valence-electron chi connectivity index (χ2n) is 5.73. The fraction of sp³-hybridized carbons (Fsp3) is 0.625. The first-order chi connectivity index (χ1) is 9.16. The third kappa shape index (κ3) is 2.69. The summed E-state index contributed by atoms with van der Waals surface area (Å²) in [5.41, 5.74) is 5.43. The van der Waals surface area contributed by atoms with E-state index in [1.54, 1.807) is 7.11 Å². The minimum absolute atomic E-state index is 0.0271. The molecule has 1 aliphatic rings. The molecule has 0 heterocycles. The van der Waals surface area contributed by atoms with E-state index in [0.717, 1.165) is 6.42 Å². The fourth-order valence-corrected chi connectivity index (χ4v) is 2.93. The minimum atomic E-state index is -0.283. The molecule has 0 amide bonds. The summed E-state index contributed by atoms with van der Waals surface area (Å²) in [4.78, 5) is 0. The lowest BCUT2D eigenvalue weighted by molar-refractivity contribution is -0.0304. The lowest BCUT2D eigenvalue weighted by atomic mass is 9.75. The van der Waals surface area contributed by atoms with Crippen LogP contribution in [0.2, 0.25) is 0 Å². The van der Waals surface area contributed by atoms with Gasteiger partial charge in [-0.3, -0.25) is 11.3 Å². The van der Waals surface area contributed by atoms with E-state index in [9.17, 15) is 0 Å². The number of methoxy groups -OCH3 is 1. The van der Waals surface area contributed by atoms with Gasteiger partial charge in [-0.25, -0.2) is 0 Å². The fourth-order valence-electron chi connectivity index (χ4n) is 2.93. The van der Waals surface area contributed by atoms with Gasteiger partial charge in [-0.2, -0.15) is 0 Å². The van der Waals surface area contributed by atoms with E-state index < -0.39 is 0 Å². The third-order valence-electron chi connectivity index (χ3n) is 4.80. The molecule has 0 aromatic heterocycles. The molecule has 0 bridgehead atoms. The van der Waals surface area contributed by atoms with Crippen molar-refractivity contribution in [1.82, 2.24) is 5.43 Å². The smallest absolute Gasteiger partial charge is 0.0854 e. The Morgan fingerprint density at radius 2 is 2.11 bits per heavy atom. The summed E-state index contributed by atoms with van der Waals surface area (Å²) < 4.78 is 5.74. The first-order valence-electron chi connectivity index (χ1n) is 7.26. The molecule has 2 rings (SSSR count). The van der Waals surface area contributed by atoms with Crippen LogP contribution < -0.4 is 11.3 Å². The molecule has 1 aliphatic carbocycles. The van der Waals surface area contributed by atoms with E-state index >= 15 is 0 Å². The van der Waals surface area contributed by atoms with Crippen molar-refractivity contribution in [2.45, 2.75) is 57.1 Å². The molecule has 1 fully saturated rings. The molecule has 106 valence electrons. The Balaban J connectivity index is 2.37. The van der Waals surface area contributed by atoms with Crippen molar-refractivity contribution in [3.05, 3.63) is 35.4 Å². The summed E-state index contributed by atoms with van der Waals surface area (Å²) in [6, 6.07) is 8.67. The van der Waals surface area contributed by atoms with Gasteiger partial charge in [-0.05, 0) is 43.2 Å². The molecule has 1 aromatic rings. The van der Waals surface area contributed by atoms with E-state index in [4.69, 9.17) is 10.6 Å². The second kappa shape index (κ2) is 6.04. The van der Waals surface area contributed by atoms with Crippen LogP contribution in [-0.4, -0.2) is 12.7 Å². The Morgan fingerprint density at radius 1 is 1.42 bits per heavy atom. The lowest BCUT2D eigenvalue weighted by Gasteiger charge is -2.38. The summed E-state index contributed by atoms with van der Waals surface area (Å²) in [6.45, 7) is 4.26. The maximum Gasteiger partial charge on any atom is 0.0854 e. The highest BCUT2D eigenvalue weighted by Gasteiger charge is 2.36. The van der Waals surface area contributed by atoms with E-state index in [2.05, 4.69) is 43.5 Å². The van der Waals surface area contributed by atoms with Crippen molar-refractivity contribution in [2.24, 2.45) is 5.84 Å². The first-order valence-corrected chi connectivity index (χ1v) is 7.26. The van der Waals surface area contributed by atoms with Crippen molar-refractivity contribution in [2.75, 3.05) is 7.11 Å². The number of nitrogens with two attached hydrogens (primary N) is 1. The number of rotatable bonds is 6. The van der Waals surface area contributed by atoms with Crippen molar-refractivity contribution in [1.29, 1.82) is 0 Å². The van der Waals surface area contributed by atoms with Crippen LogP contribution in [0.5, 0.6) is 0 Å². The van der Waals surface area contributed by atoms with Crippen LogP contribution in [0.4, 0.5) is 0 Å². The van der Waals surface area contributed by atoms with Gasteiger partial charge in [0.15, 0.2) is 0 Å². The van der Waals surface area contributed by atoms with Crippen LogP contribution in [0, 0.1) is 0 Å². The second-order valence-corrected chi connectivity index (χ2v) is 5.73. The van der Waals surface area contributed by atoms with Crippen molar-refractivity contribution >= 4 is 0 Å². The number of hydrogen-bond acceptors (Lipinski definition) is 3. The molecule has 3 nitrogen and oxygen atoms in total. The highest BCUT2D eigenvalue weighted by molar-refractivity contribution is 5.35. The molecule has 0 saturated heterocycles. The summed E-state index contributed by atoms with van der Waals surface area (Å²) in [6.07, 6.45) is 4.85. The van der Waals surface area contributed by atoms with Gasteiger partial charge in [0.25, 0.3) is 0 Å².